The predicted molar refractivity (Wildman–Crippen MR) is 72.2 cm³/mol. The molecule has 0 unspecified atom stereocenters. The zero-order valence-electron chi connectivity index (χ0n) is 9.62. The Morgan fingerprint density at radius 1 is 1.25 bits per heavy atom. The minimum Gasteiger partial charge on any atom is -0.350 e. The first-order valence-electron chi connectivity index (χ1n) is 5.75. The zero-order chi connectivity index (χ0) is 11.2. The maximum absolute atomic E-state index is 3.43. The molecule has 0 spiro atoms. The molecule has 86 valence electrons. The molecule has 0 saturated heterocycles. The van der Waals surface area contributed by atoms with Crippen molar-refractivity contribution in [3.05, 3.63) is 30.3 Å². The number of benzene rings is 1. The van der Waals surface area contributed by atoms with Crippen molar-refractivity contribution in [2.45, 2.75) is 17.9 Å². The molecule has 1 aromatic heterocycles. The van der Waals surface area contributed by atoms with Crippen molar-refractivity contribution >= 4 is 22.7 Å². The lowest BCUT2D eigenvalue weighted by molar-refractivity contribution is 0.715. The molecule has 0 saturated carbocycles. The van der Waals surface area contributed by atoms with Crippen LogP contribution in [0.1, 0.15) is 12.8 Å². The van der Waals surface area contributed by atoms with Gasteiger partial charge in [-0.3, -0.25) is 0 Å². The second kappa shape index (κ2) is 5.97. The van der Waals surface area contributed by atoms with Crippen LogP contribution in [0, 0.1) is 0 Å². The van der Waals surface area contributed by atoms with E-state index in [1.807, 2.05) is 18.8 Å². The molecule has 0 radical (unpaired) electrons. The van der Waals surface area contributed by atoms with Crippen molar-refractivity contribution in [1.29, 1.82) is 0 Å². The van der Waals surface area contributed by atoms with E-state index in [9.17, 15) is 0 Å². The van der Waals surface area contributed by atoms with Crippen LogP contribution in [-0.2, 0) is 0 Å². The number of fused-ring (bicyclic) bond motifs is 1. The molecule has 0 aliphatic heterocycles. The first-order chi connectivity index (χ1) is 7.90. The molecule has 0 aliphatic carbocycles. The second-order valence-electron chi connectivity index (χ2n) is 3.88. The summed E-state index contributed by atoms with van der Waals surface area (Å²) in [5.74, 6) is 1.19. The third-order valence-electron chi connectivity index (χ3n) is 2.58. The molecular weight excluding hydrogens is 216 g/mol. The van der Waals surface area contributed by atoms with Crippen molar-refractivity contribution in [2.75, 3.05) is 19.3 Å². The van der Waals surface area contributed by atoms with Gasteiger partial charge in [0, 0.05) is 10.9 Å². The highest BCUT2D eigenvalue weighted by molar-refractivity contribution is 7.99. The van der Waals surface area contributed by atoms with Crippen molar-refractivity contribution in [2.24, 2.45) is 0 Å². The van der Waals surface area contributed by atoms with E-state index < -0.39 is 0 Å². The average molecular weight is 234 g/mol. The number of hydrogen-bond donors (Lipinski definition) is 2. The predicted octanol–water partition coefficient (Wildman–Crippen LogP) is 3.26. The standard InChI is InChI=1S/C13H18N2S/c1-14-8-4-5-9-16-13-10-11-6-2-3-7-12(11)15-13/h2-3,6-7,10,14-15H,4-5,8-9H2,1H3. The average Bonchev–Trinajstić information content (AvgIpc) is 2.71. The van der Waals surface area contributed by atoms with Gasteiger partial charge in [-0.2, -0.15) is 0 Å². The summed E-state index contributed by atoms with van der Waals surface area (Å²) in [6.07, 6.45) is 2.52. The number of unbranched alkanes of at least 4 members (excludes halogenated alkanes) is 1. The van der Waals surface area contributed by atoms with E-state index in [2.05, 4.69) is 40.6 Å². The molecule has 2 nitrogen and oxygen atoms in total. The molecule has 1 heterocycles. The monoisotopic (exact) mass is 234 g/mol. The van der Waals surface area contributed by atoms with E-state index in [0.29, 0.717) is 0 Å². The first-order valence-corrected chi connectivity index (χ1v) is 6.74. The summed E-state index contributed by atoms with van der Waals surface area (Å²) in [6, 6.07) is 10.7. The molecule has 0 bridgehead atoms. The number of nitrogens with one attached hydrogen (secondary N) is 2. The lowest BCUT2D eigenvalue weighted by Crippen LogP contribution is -2.07. The van der Waals surface area contributed by atoms with Gasteiger partial charge in [-0.1, -0.05) is 18.2 Å². The Kier molecular flexibility index (Phi) is 4.31. The third-order valence-corrected chi connectivity index (χ3v) is 3.61. The molecule has 1 aromatic carbocycles. The molecule has 2 rings (SSSR count). The highest BCUT2D eigenvalue weighted by atomic mass is 32.2. The maximum Gasteiger partial charge on any atom is 0.0732 e. The fraction of sp³-hybridized carbons (Fsp3) is 0.385. The van der Waals surface area contributed by atoms with Gasteiger partial charge in [0.1, 0.15) is 0 Å². The van der Waals surface area contributed by atoms with Gasteiger partial charge in [0.15, 0.2) is 0 Å². The Morgan fingerprint density at radius 3 is 2.94 bits per heavy atom. The van der Waals surface area contributed by atoms with E-state index in [1.165, 1.54) is 34.5 Å². The number of thioether (sulfide) groups is 1. The van der Waals surface area contributed by atoms with Gasteiger partial charge in [-0.05, 0) is 44.3 Å². The van der Waals surface area contributed by atoms with Crippen LogP contribution in [0.25, 0.3) is 10.9 Å². The van der Waals surface area contributed by atoms with Crippen molar-refractivity contribution in [3.63, 3.8) is 0 Å². The fourth-order valence-corrected chi connectivity index (χ4v) is 2.67. The number of H-pyrrole nitrogens is 1. The Hall–Kier alpha value is -0.930. The van der Waals surface area contributed by atoms with Gasteiger partial charge in [0.25, 0.3) is 0 Å². The van der Waals surface area contributed by atoms with Gasteiger partial charge in [0.05, 0.1) is 5.03 Å². The lowest BCUT2D eigenvalue weighted by atomic mass is 10.3. The Bertz CT molecular complexity index is 403. The van der Waals surface area contributed by atoms with E-state index in [4.69, 9.17) is 0 Å². The summed E-state index contributed by atoms with van der Waals surface area (Å²) in [4.78, 5) is 3.43. The summed E-state index contributed by atoms with van der Waals surface area (Å²) in [7, 11) is 2.00. The summed E-state index contributed by atoms with van der Waals surface area (Å²) < 4.78 is 0. The van der Waals surface area contributed by atoms with Crippen molar-refractivity contribution in [3.8, 4) is 0 Å². The minimum atomic E-state index is 1.12. The van der Waals surface area contributed by atoms with Gasteiger partial charge in [-0.25, -0.2) is 0 Å². The summed E-state index contributed by atoms with van der Waals surface area (Å²) in [5.41, 5.74) is 1.24. The quantitative estimate of drug-likeness (QED) is 0.593. The zero-order valence-corrected chi connectivity index (χ0v) is 10.4. The Morgan fingerprint density at radius 2 is 2.12 bits per heavy atom. The van der Waals surface area contributed by atoms with Crippen LogP contribution in [-0.4, -0.2) is 24.3 Å². The molecule has 3 heteroatoms. The lowest BCUT2D eigenvalue weighted by Gasteiger charge is -1.99. The van der Waals surface area contributed by atoms with Crippen LogP contribution in [0.4, 0.5) is 0 Å². The summed E-state index contributed by atoms with van der Waals surface area (Å²) in [5, 5.41) is 5.76. The SMILES string of the molecule is CNCCCCSc1cc2ccccc2[nH]1. The van der Waals surface area contributed by atoms with Crippen molar-refractivity contribution < 1.29 is 0 Å². The van der Waals surface area contributed by atoms with Crippen LogP contribution in [0.3, 0.4) is 0 Å². The van der Waals surface area contributed by atoms with Gasteiger partial charge in [0.2, 0.25) is 0 Å². The van der Waals surface area contributed by atoms with Gasteiger partial charge in [-0.15, -0.1) is 11.8 Å². The number of aromatic amines is 1. The van der Waals surface area contributed by atoms with Gasteiger partial charge >= 0.3 is 0 Å². The molecule has 0 amide bonds. The van der Waals surface area contributed by atoms with Crippen LogP contribution in [0.5, 0.6) is 0 Å². The minimum absolute atomic E-state index is 1.12. The fourth-order valence-electron chi connectivity index (χ4n) is 1.71. The summed E-state index contributed by atoms with van der Waals surface area (Å²) in [6.45, 7) is 1.12. The smallest absolute Gasteiger partial charge is 0.0732 e. The summed E-state index contributed by atoms with van der Waals surface area (Å²) >= 11 is 1.91. The molecule has 0 atom stereocenters. The number of hydrogen-bond acceptors (Lipinski definition) is 2. The molecule has 2 N–H and O–H groups in total. The van der Waals surface area contributed by atoms with Crippen LogP contribution >= 0.6 is 11.8 Å². The van der Waals surface area contributed by atoms with Crippen LogP contribution < -0.4 is 5.32 Å². The molecular formula is C13H18N2S. The number of aromatic nitrogens is 1. The van der Waals surface area contributed by atoms with E-state index >= 15 is 0 Å². The molecule has 16 heavy (non-hydrogen) atoms. The molecule has 0 aliphatic rings. The first kappa shape index (κ1) is 11.6. The molecule has 2 aromatic rings. The highest BCUT2D eigenvalue weighted by Gasteiger charge is 1.99. The number of rotatable bonds is 6. The van der Waals surface area contributed by atoms with Crippen LogP contribution in [0.2, 0.25) is 0 Å². The Labute approximate surface area is 101 Å². The molecule has 0 fully saturated rings. The van der Waals surface area contributed by atoms with E-state index in [1.54, 1.807) is 0 Å². The highest BCUT2D eigenvalue weighted by Crippen LogP contribution is 2.23. The Balaban J connectivity index is 1.85. The maximum atomic E-state index is 3.43. The van der Waals surface area contributed by atoms with Crippen molar-refractivity contribution in [1.82, 2.24) is 10.3 Å². The largest absolute Gasteiger partial charge is 0.350 e. The topological polar surface area (TPSA) is 27.8 Å². The van der Waals surface area contributed by atoms with Gasteiger partial charge < -0.3 is 10.3 Å². The van der Waals surface area contributed by atoms with E-state index in [0.717, 1.165) is 6.54 Å². The number of para-hydroxylation sites is 1. The second-order valence-corrected chi connectivity index (χ2v) is 5.02. The van der Waals surface area contributed by atoms with Crippen LogP contribution in [0.15, 0.2) is 35.4 Å². The normalized spacial score (nSPS) is 11.1. The van der Waals surface area contributed by atoms with E-state index in [-0.39, 0.29) is 0 Å². The third kappa shape index (κ3) is 3.03.